The molecule has 0 atom stereocenters. The predicted octanol–water partition coefficient (Wildman–Crippen LogP) is 5.82. The zero-order chi connectivity index (χ0) is 19.2. The van der Waals surface area contributed by atoms with Crippen molar-refractivity contribution in [3.8, 4) is 11.3 Å². The first-order valence-electron chi connectivity index (χ1n) is 8.58. The van der Waals surface area contributed by atoms with Gasteiger partial charge >= 0.3 is 0 Å². The average Bonchev–Trinajstić information content (AvgIpc) is 2.96. The van der Waals surface area contributed by atoms with Crippen LogP contribution >= 0.6 is 11.6 Å². The van der Waals surface area contributed by atoms with Crippen molar-refractivity contribution in [2.24, 2.45) is 0 Å². The highest BCUT2D eigenvalue weighted by molar-refractivity contribution is 7.90. The number of aryl methyl sites for hydroxylation is 2. The van der Waals surface area contributed by atoms with Gasteiger partial charge in [-0.1, -0.05) is 59.6 Å². The molecule has 0 saturated carbocycles. The largest absolute Gasteiger partial charge is 0.268 e. The lowest BCUT2D eigenvalue weighted by molar-refractivity contribution is 0.589. The Bertz CT molecular complexity index is 1260. The van der Waals surface area contributed by atoms with Crippen LogP contribution in [0, 0.1) is 13.8 Å². The Labute approximate surface area is 163 Å². The molecule has 3 aromatic carbocycles. The van der Waals surface area contributed by atoms with Crippen molar-refractivity contribution in [1.29, 1.82) is 0 Å². The number of hydrogen-bond donors (Lipinski definition) is 0. The van der Waals surface area contributed by atoms with Gasteiger partial charge in [-0.25, -0.2) is 12.4 Å². The van der Waals surface area contributed by atoms with Gasteiger partial charge in [0.25, 0.3) is 10.0 Å². The van der Waals surface area contributed by atoms with E-state index in [1.807, 2.05) is 62.4 Å². The van der Waals surface area contributed by atoms with Crippen LogP contribution in [-0.4, -0.2) is 12.4 Å². The number of hydrogen-bond acceptors (Lipinski definition) is 2. The Kier molecular flexibility index (Phi) is 4.33. The van der Waals surface area contributed by atoms with E-state index in [1.54, 1.807) is 24.3 Å². The first-order chi connectivity index (χ1) is 12.9. The van der Waals surface area contributed by atoms with Crippen LogP contribution in [0.1, 0.15) is 11.1 Å². The fourth-order valence-corrected chi connectivity index (χ4v) is 5.18. The average molecular weight is 396 g/mol. The number of rotatable bonds is 3. The monoisotopic (exact) mass is 395 g/mol. The highest BCUT2D eigenvalue weighted by Gasteiger charge is 2.26. The van der Waals surface area contributed by atoms with Crippen molar-refractivity contribution < 1.29 is 8.42 Å². The lowest BCUT2D eigenvalue weighted by Gasteiger charge is -2.13. The zero-order valence-corrected chi connectivity index (χ0v) is 16.6. The summed E-state index contributed by atoms with van der Waals surface area (Å²) in [4.78, 5) is 0.261. The van der Waals surface area contributed by atoms with Crippen molar-refractivity contribution in [3.63, 3.8) is 0 Å². The molecule has 4 aromatic rings. The van der Waals surface area contributed by atoms with Gasteiger partial charge in [-0.15, -0.1) is 0 Å². The van der Waals surface area contributed by atoms with Crippen LogP contribution in [-0.2, 0) is 10.0 Å². The van der Waals surface area contributed by atoms with E-state index in [-0.39, 0.29) is 4.90 Å². The summed E-state index contributed by atoms with van der Waals surface area (Å²) in [6, 6.07) is 21.8. The second-order valence-corrected chi connectivity index (χ2v) is 8.81. The summed E-state index contributed by atoms with van der Waals surface area (Å²) in [6.07, 6.45) is 0. The van der Waals surface area contributed by atoms with Crippen LogP contribution in [0.15, 0.2) is 77.7 Å². The summed E-state index contributed by atoms with van der Waals surface area (Å²) in [6.45, 7) is 3.88. The number of halogens is 1. The van der Waals surface area contributed by atoms with Crippen LogP contribution in [0.3, 0.4) is 0 Å². The first kappa shape index (κ1) is 17.8. The minimum atomic E-state index is -3.78. The highest BCUT2D eigenvalue weighted by atomic mass is 35.5. The van der Waals surface area contributed by atoms with E-state index in [0.717, 1.165) is 22.1 Å². The van der Waals surface area contributed by atoms with Crippen molar-refractivity contribution in [2.75, 3.05) is 0 Å². The van der Waals surface area contributed by atoms with Crippen LogP contribution < -0.4 is 0 Å². The van der Waals surface area contributed by atoms with Gasteiger partial charge in [0.15, 0.2) is 0 Å². The maximum atomic E-state index is 13.6. The van der Waals surface area contributed by atoms with Crippen molar-refractivity contribution >= 4 is 32.5 Å². The molecule has 0 bridgehead atoms. The molecule has 1 aromatic heterocycles. The van der Waals surface area contributed by atoms with Gasteiger partial charge < -0.3 is 0 Å². The fraction of sp³-hybridized carbons (Fsp3) is 0.0909. The Morgan fingerprint density at radius 1 is 0.852 bits per heavy atom. The van der Waals surface area contributed by atoms with Gasteiger partial charge in [0.1, 0.15) is 0 Å². The smallest absolute Gasteiger partial charge is 0.233 e. The minimum absolute atomic E-state index is 0.261. The van der Waals surface area contributed by atoms with Crippen LogP contribution in [0.2, 0.25) is 5.02 Å². The van der Waals surface area contributed by atoms with E-state index in [0.29, 0.717) is 16.2 Å². The maximum absolute atomic E-state index is 13.6. The molecular formula is C22H18ClNO2S. The standard InChI is InChI=1S/C22H18ClNO2S/c1-15-10-12-19(13-11-15)27(25,26)24-21-9-4-3-8-20(21)16(2)22(24)17-6-5-7-18(23)14-17/h3-14H,1-2H3. The predicted molar refractivity (Wildman–Crippen MR) is 111 cm³/mol. The minimum Gasteiger partial charge on any atom is -0.233 e. The third-order valence-electron chi connectivity index (χ3n) is 4.74. The number of nitrogens with zero attached hydrogens (tertiary/aromatic N) is 1. The molecule has 0 aliphatic heterocycles. The third kappa shape index (κ3) is 2.95. The van der Waals surface area contributed by atoms with Gasteiger partial charge in [-0.2, -0.15) is 0 Å². The van der Waals surface area contributed by atoms with E-state index < -0.39 is 10.0 Å². The van der Waals surface area contributed by atoms with Crippen molar-refractivity contribution in [1.82, 2.24) is 3.97 Å². The molecule has 1 heterocycles. The summed E-state index contributed by atoms with van der Waals surface area (Å²) >= 11 is 6.19. The number of benzene rings is 3. The summed E-state index contributed by atoms with van der Waals surface area (Å²) in [5.74, 6) is 0. The maximum Gasteiger partial charge on any atom is 0.268 e. The normalized spacial score (nSPS) is 11.8. The van der Waals surface area contributed by atoms with Crippen LogP contribution in [0.5, 0.6) is 0 Å². The molecule has 3 nitrogen and oxygen atoms in total. The zero-order valence-electron chi connectivity index (χ0n) is 15.0. The van der Waals surface area contributed by atoms with Gasteiger partial charge in [-0.3, -0.25) is 0 Å². The Balaban J connectivity index is 2.11. The highest BCUT2D eigenvalue weighted by Crippen LogP contribution is 2.37. The third-order valence-corrected chi connectivity index (χ3v) is 6.71. The van der Waals surface area contributed by atoms with Crippen LogP contribution in [0.4, 0.5) is 0 Å². The van der Waals surface area contributed by atoms with E-state index in [2.05, 4.69) is 0 Å². The van der Waals surface area contributed by atoms with Crippen LogP contribution in [0.25, 0.3) is 22.2 Å². The van der Waals surface area contributed by atoms with E-state index >= 15 is 0 Å². The van der Waals surface area contributed by atoms with Gasteiger partial charge in [0.2, 0.25) is 0 Å². The summed E-state index contributed by atoms with van der Waals surface area (Å²) in [5, 5.41) is 1.47. The summed E-state index contributed by atoms with van der Waals surface area (Å²) in [5.41, 5.74) is 3.98. The van der Waals surface area contributed by atoms with Gasteiger partial charge in [-0.05, 0) is 49.7 Å². The lowest BCUT2D eigenvalue weighted by atomic mass is 10.1. The lowest BCUT2D eigenvalue weighted by Crippen LogP contribution is -2.14. The topological polar surface area (TPSA) is 39.1 Å². The molecule has 0 fully saturated rings. The number of fused-ring (bicyclic) bond motifs is 1. The second kappa shape index (κ2) is 6.55. The number of aromatic nitrogens is 1. The molecule has 5 heteroatoms. The van der Waals surface area contributed by atoms with Crippen molar-refractivity contribution in [3.05, 3.63) is 88.9 Å². The van der Waals surface area contributed by atoms with Gasteiger partial charge in [0, 0.05) is 16.0 Å². The molecule has 0 unspecified atom stereocenters. The van der Waals surface area contributed by atoms with E-state index in [9.17, 15) is 8.42 Å². The summed E-state index contributed by atoms with van der Waals surface area (Å²) < 4.78 is 28.6. The molecule has 4 rings (SSSR count). The molecule has 0 saturated heterocycles. The molecule has 0 N–H and O–H groups in total. The summed E-state index contributed by atoms with van der Waals surface area (Å²) in [7, 11) is -3.78. The Morgan fingerprint density at radius 2 is 1.56 bits per heavy atom. The Hall–Kier alpha value is -2.56. The number of para-hydroxylation sites is 1. The van der Waals surface area contributed by atoms with Crippen molar-refractivity contribution in [2.45, 2.75) is 18.7 Å². The first-order valence-corrected chi connectivity index (χ1v) is 10.4. The van der Waals surface area contributed by atoms with E-state index in [1.165, 1.54) is 3.97 Å². The second-order valence-electron chi connectivity index (χ2n) is 6.58. The van der Waals surface area contributed by atoms with Gasteiger partial charge in [0.05, 0.1) is 16.1 Å². The molecular weight excluding hydrogens is 378 g/mol. The Morgan fingerprint density at radius 3 is 2.26 bits per heavy atom. The quantitative estimate of drug-likeness (QED) is 0.438. The molecule has 0 aliphatic rings. The SMILES string of the molecule is Cc1ccc(S(=O)(=O)n2c(-c3cccc(Cl)c3)c(C)c3ccccc32)cc1. The molecule has 0 spiro atoms. The molecule has 27 heavy (non-hydrogen) atoms. The molecule has 0 radical (unpaired) electrons. The molecule has 136 valence electrons. The molecule has 0 amide bonds. The van der Waals surface area contributed by atoms with E-state index in [4.69, 9.17) is 11.6 Å². The fourth-order valence-electron chi connectivity index (χ4n) is 3.40. The molecule has 0 aliphatic carbocycles.